The normalized spacial score (nSPS) is 13.9. The Bertz CT molecular complexity index is 1150. The molecular formula is C16H15ClF3N7O4S. The van der Waals surface area contributed by atoms with Crippen molar-refractivity contribution in [2.45, 2.75) is 18.3 Å². The van der Waals surface area contributed by atoms with Gasteiger partial charge >= 0.3 is 6.36 Å². The first kappa shape index (κ1) is 23.4. The maximum Gasteiger partial charge on any atom is 0.573 e. The number of halogens is 4. The Morgan fingerprint density at radius 1 is 1.28 bits per heavy atom. The van der Waals surface area contributed by atoms with E-state index in [4.69, 9.17) is 11.6 Å². The summed E-state index contributed by atoms with van der Waals surface area (Å²) in [5.41, 5.74) is 3.89. The molecule has 1 amide bonds. The lowest BCUT2D eigenvalue weighted by Crippen LogP contribution is -2.47. The first-order valence-corrected chi connectivity index (χ1v) is 10.6. The van der Waals surface area contributed by atoms with Crippen LogP contribution in [0.5, 0.6) is 5.75 Å². The van der Waals surface area contributed by atoms with E-state index < -0.39 is 43.8 Å². The number of amides is 1. The number of nitrogens with one attached hydrogen (secondary N) is 4. The lowest BCUT2D eigenvalue weighted by molar-refractivity contribution is -0.274. The Morgan fingerprint density at radius 2 is 2.03 bits per heavy atom. The summed E-state index contributed by atoms with van der Waals surface area (Å²) in [6.45, 7) is 2.15. The van der Waals surface area contributed by atoms with Gasteiger partial charge in [0, 0.05) is 12.7 Å². The van der Waals surface area contributed by atoms with E-state index in [1.807, 2.05) is 4.72 Å². The molecule has 0 radical (unpaired) electrons. The van der Waals surface area contributed by atoms with Crippen LogP contribution < -0.4 is 25.8 Å². The van der Waals surface area contributed by atoms with E-state index in [0.717, 1.165) is 18.2 Å². The van der Waals surface area contributed by atoms with Gasteiger partial charge in [-0.3, -0.25) is 19.8 Å². The number of sulfonamides is 1. The number of alkyl halides is 3. The minimum atomic E-state index is -5.16. The third kappa shape index (κ3) is 5.30. The molecule has 16 heteroatoms. The predicted octanol–water partition coefficient (Wildman–Crippen LogP) is 1.78. The second kappa shape index (κ2) is 9.05. The number of hydrogen-bond acceptors (Lipinski definition) is 9. The molecule has 32 heavy (non-hydrogen) atoms. The number of pyridine rings is 1. The summed E-state index contributed by atoms with van der Waals surface area (Å²) in [7, 11) is -4.47. The Morgan fingerprint density at radius 3 is 2.66 bits per heavy atom. The summed E-state index contributed by atoms with van der Waals surface area (Å²) >= 11 is 6.15. The molecule has 1 aliphatic rings. The van der Waals surface area contributed by atoms with Gasteiger partial charge in [0.2, 0.25) is 5.96 Å². The molecule has 0 fully saturated rings. The highest BCUT2D eigenvalue weighted by Crippen LogP contribution is 2.39. The van der Waals surface area contributed by atoms with Crippen LogP contribution in [-0.4, -0.2) is 43.2 Å². The molecule has 11 nitrogen and oxygen atoms in total. The van der Waals surface area contributed by atoms with Crippen molar-refractivity contribution in [2.75, 3.05) is 11.3 Å². The minimum Gasteiger partial charge on any atom is -0.403 e. The molecular weight excluding hydrogens is 479 g/mol. The lowest BCUT2D eigenvalue weighted by atomic mass is 10.1. The van der Waals surface area contributed by atoms with Crippen molar-refractivity contribution in [3.63, 3.8) is 0 Å². The summed E-state index contributed by atoms with van der Waals surface area (Å²) in [5, 5.41) is 6.48. The molecule has 1 aromatic carbocycles. The second-order valence-electron chi connectivity index (χ2n) is 5.98. The number of aromatic nitrogens is 1. The third-order valence-electron chi connectivity index (χ3n) is 3.87. The van der Waals surface area contributed by atoms with Crippen LogP contribution in [0.1, 0.15) is 17.3 Å². The fraction of sp³-hybridized carbons (Fsp3) is 0.188. The van der Waals surface area contributed by atoms with Crippen LogP contribution in [0.3, 0.4) is 0 Å². The van der Waals surface area contributed by atoms with Crippen LogP contribution in [0.2, 0.25) is 5.02 Å². The van der Waals surface area contributed by atoms with Gasteiger partial charge < -0.3 is 4.74 Å². The number of guanidine groups is 1. The van der Waals surface area contributed by atoms with E-state index >= 15 is 0 Å². The highest BCUT2D eigenvalue weighted by Gasteiger charge is 2.34. The van der Waals surface area contributed by atoms with E-state index in [0.29, 0.717) is 6.54 Å². The van der Waals surface area contributed by atoms with Crippen LogP contribution in [-0.2, 0) is 10.0 Å². The first-order valence-electron chi connectivity index (χ1n) is 8.71. The van der Waals surface area contributed by atoms with Gasteiger partial charge in [0.25, 0.3) is 15.9 Å². The Kier molecular flexibility index (Phi) is 6.61. The zero-order chi connectivity index (χ0) is 23.5. The Balaban J connectivity index is 2.00. The molecule has 0 aliphatic carbocycles. The van der Waals surface area contributed by atoms with Gasteiger partial charge in [-0.25, -0.2) is 10.5 Å². The zero-order valence-electron chi connectivity index (χ0n) is 16.1. The molecule has 0 unspecified atom stereocenters. The van der Waals surface area contributed by atoms with Crippen molar-refractivity contribution >= 4 is 39.2 Å². The Labute approximate surface area is 184 Å². The maximum absolute atomic E-state index is 12.9. The van der Waals surface area contributed by atoms with Crippen LogP contribution in [0.25, 0.3) is 0 Å². The molecule has 0 atom stereocenters. The van der Waals surface area contributed by atoms with Crippen LogP contribution >= 0.6 is 11.6 Å². The molecule has 1 aromatic heterocycles. The summed E-state index contributed by atoms with van der Waals surface area (Å²) in [4.78, 5) is 16.3. The number of nitrogens with zero attached hydrogens (tertiary/aromatic N) is 3. The van der Waals surface area contributed by atoms with Crippen molar-refractivity contribution in [2.24, 2.45) is 5.10 Å². The summed E-state index contributed by atoms with van der Waals surface area (Å²) in [5.74, 6) is -1.77. The number of benzene rings is 1. The molecule has 0 saturated carbocycles. The van der Waals surface area contributed by atoms with E-state index in [2.05, 4.69) is 31.2 Å². The number of anilines is 1. The number of rotatable bonds is 6. The number of ether oxygens (including phenoxy) is 1. The highest BCUT2D eigenvalue weighted by molar-refractivity contribution is 7.92. The molecule has 4 N–H and O–H groups in total. The quantitative estimate of drug-likeness (QED) is 0.478. The smallest absolute Gasteiger partial charge is 0.403 e. The highest BCUT2D eigenvalue weighted by atomic mass is 35.5. The van der Waals surface area contributed by atoms with Gasteiger partial charge in [-0.2, -0.15) is 8.42 Å². The van der Waals surface area contributed by atoms with Crippen LogP contribution in [0.15, 0.2) is 46.7 Å². The molecule has 3 rings (SSSR count). The molecule has 0 bridgehead atoms. The fourth-order valence-electron chi connectivity index (χ4n) is 2.48. The lowest BCUT2D eigenvalue weighted by Gasteiger charge is -2.19. The van der Waals surface area contributed by atoms with Gasteiger partial charge in [-0.1, -0.05) is 17.7 Å². The number of hydrogen-bond donors (Lipinski definition) is 4. The van der Waals surface area contributed by atoms with Gasteiger partial charge in [-0.15, -0.1) is 23.8 Å². The standard InChI is InChI=1S/C16H15ClF3N7O4S/c1-2-27-15(23-25-26-27)22-14(28)9-6-7-10(31-16(18,19)20)13(12(9)17)24-32(29,30)11-5-3-4-8-21-11/h3-8,24-26H,2H2,1H3,(H,22,23,28). The van der Waals surface area contributed by atoms with Gasteiger partial charge in [-0.05, 0) is 31.2 Å². The van der Waals surface area contributed by atoms with Crippen LogP contribution in [0, 0.1) is 0 Å². The van der Waals surface area contributed by atoms with Crippen molar-refractivity contribution in [1.29, 1.82) is 0 Å². The molecule has 0 saturated heterocycles. The molecule has 0 spiro atoms. The van der Waals surface area contributed by atoms with Crippen molar-refractivity contribution in [3.8, 4) is 5.75 Å². The summed E-state index contributed by atoms with van der Waals surface area (Å²) in [6, 6.07) is 5.64. The average molecular weight is 494 g/mol. The number of carbonyl (C=O) groups excluding carboxylic acids is 1. The van der Waals surface area contributed by atoms with E-state index in [9.17, 15) is 26.4 Å². The summed E-state index contributed by atoms with van der Waals surface area (Å²) < 4.78 is 69.5. The largest absolute Gasteiger partial charge is 0.573 e. The predicted molar refractivity (Wildman–Crippen MR) is 107 cm³/mol. The molecule has 1 aliphatic heterocycles. The van der Waals surface area contributed by atoms with Crippen molar-refractivity contribution in [3.05, 3.63) is 47.1 Å². The second-order valence-corrected chi connectivity index (χ2v) is 7.99. The number of carbonyl (C=O) groups is 1. The van der Waals surface area contributed by atoms with Gasteiger partial charge in [0.15, 0.2) is 10.8 Å². The minimum absolute atomic E-state index is 0.0554. The van der Waals surface area contributed by atoms with Crippen LogP contribution in [0.4, 0.5) is 18.9 Å². The first-order chi connectivity index (χ1) is 15.0. The molecule has 172 valence electrons. The SMILES string of the molecule is CCN1NNN=C1NC(=O)c1ccc(OC(F)(F)F)c(NS(=O)(=O)c2ccccn2)c1Cl. The monoisotopic (exact) mass is 493 g/mol. The third-order valence-corrected chi connectivity index (χ3v) is 5.53. The average Bonchev–Trinajstić information content (AvgIpc) is 3.17. The number of hydrazine groups is 2. The van der Waals surface area contributed by atoms with E-state index in [-0.39, 0.29) is 11.5 Å². The summed E-state index contributed by atoms with van der Waals surface area (Å²) in [6.07, 6.45) is -3.98. The fourth-order valence-corrected chi connectivity index (χ4v) is 3.85. The topological polar surface area (TPSA) is 137 Å². The zero-order valence-corrected chi connectivity index (χ0v) is 17.6. The number of hydrazone groups is 1. The maximum atomic E-state index is 12.9. The van der Waals surface area contributed by atoms with Gasteiger partial charge in [0.1, 0.15) is 5.69 Å². The Hall–Kier alpha value is -3.30. The molecule has 2 aromatic rings. The van der Waals surface area contributed by atoms with Crippen molar-refractivity contribution < 1.29 is 31.1 Å². The van der Waals surface area contributed by atoms with E-state index in [1.165, 1.54) is 23.3 Å². The molecule has 2 heterocycles. The van der Waals surface area contributed by atoms with Crippen molar-refractivity contribution in [1.82, 2.24) is 26.4 Å². The van der Waals surface area contributed by atoms with E-state index in [1.54, 1.807) is 6.92 Å². The van der Waals surface area contributed by atoms with Gasteiger partial charge in [0.05, 0.1) is 10.6 Å².